The maximum absolute atomic E-state index is 10.9. The molecule has 9 heteroatoms. The zero-order valence-electron chi connectivity index (χ0n) is 19.1. The van der Waals surface area contributed by atoms with Crippen molar-refractivity contribution in [2.24, 2.45) is 10.2 Å². The number of hydrogen-bond acceptors (Lipinski definition) is 7. The second-order valence-electron chi connectivity index (χ2n) is 8.30. The SMILES string of the molecule is C=N/N=C(/c1cc(C(C)C)c(O)cc1O)N(CO)c1ccc(CN2CCN(C=O)CC2)cc1. The summed E-state index contributed by atoms with van der Waals surface area (Å²) in [4.78, 5) is 16.5. The molecule has 0 bridgehead atoms. The molecular weight excluding hydrogens is 422 g/mol. The molecule has 2 aromatic rings. The number of carbonyl (C=O) groups is 1. The van der Waals surface area contributed by atoms with Crippen LogP contribution in [0, 0.1) is 0 Å². The van der Waals surface area contributed by atoms with E-state index < -0.39 is 6.73 Å². The minimum absolute atomic E-state index is 0.00830. The fraction of sp³-hybridized carbons (Fsp3) is 0.375. The van der Waals surface area contributed by atoms with Gasteiger partial charge in [-0.05, 0) is 35.2 Å². The molecule has 0 radical (unpaired) electrons. The Balaban J connectivity index is 1.84. The molecule has 3 N–H and O–H groups in total. The molecule has 0 spiro atoms. The van der Waals surface area contributed by atoms with Gasteiger partial charge < -0.3 is 25.1 Å². The van der Waals surface area contributed by atoms with Crippen LogP contribution >= 0.6 is 0 Å². The van der Waals surface area contributed by atoms with Gasteiger partial charge in [-0.2, -0.15) is 5.10 Å². The first-order valence-electron chi connectivity index (χ1n) is 10.9. The van der Waals surface area contributed by atoms with Gasteiger partial charge in [0.15, 0.2) is 5.84 Å². The van der Waals surface area contributed by atoms with E-state index in [1.165, 1.54) is 11.0 Å². The first-order chi connectivity index (χ1) is 15.9. The molecule has 0 aromatic heterocycles. The average molecular weight is 454 g/mol. The molecular formula is C24H31N5O4. The molecule has 176 valence electrons. The highest BCUT2D eigenvalue weighted by Gasteiger charge is 2.22. The van der Waals surface area contributed by atoms with Crippen LogP contribution in [0.4, 0.5) is 5.69 Å². The van der Waals surface area contributed by atoms with Crippen molar-refractivity contribution in [1.29, 1.82) is 0 Å². The van der Waals surface area contributed by atoms with Crippen molar-refractivity contribution in [2.75, 3.05) is 37.8 Å². The lowest BCUT2D eigenvalue weighted by molar-refractivity contribution is -0.119. The van der Waals surface area contributed by atoms with Crippen LogP contribution < -0.4 is 4.90 Å². The maximum Gasteiger partial charge on any atom is 0.209 e. The Bertz CT molecular complexity index is 999. The van der Waals surface area contributed by atoms with Crippen LogP contribution in [0.15, 0.2) is 46.6 Å². The zero-order chi connectivity index (χ0) is 24.0. The van der Waals surface area contributed by atoms with E-state index >= 15 is 0 Å². The van der Waals surface area contributed by atoms with Gasteiger partial charge in [-0.1, -0.05) is 26.0 Å². The Morgan fingerprint density at radius 1 is 1.12 bits per heavy atom. The molecule has 0 aliphatic carbocycles. The van der Waals surface area contributed by atoms with Gasteiger partial charge in [0.1, 0.15) is 18.2 Å². The molecule has 0 unspecified atom stereocenters. The Morgan fingerprint density at radius 3 is 2.33 bits per heavy atom. The van der Waals surface area contributed by atoms with Gasteiger partial charge in [0.25, 0.3) is 0 Å². The number of phenols is 2. The maximum atomic E-state index is 10.9. The summed E-state index contributed by atoms with van der Waals surface area (Å²) in [6, 6.07) is 10.6. The van der Waals surface area contributed by atoms with Crippen LogP contribution in [0.2, 0.25) is 0 Å². The van der Waals surface area contributed by atoms with Crippen LogP contribution in [-0.4, -0.2) is 77.0 Å². The first kappa shape index (κ1) is 24.2. The average Bonchev–Trinajstić information content (AvgIpc) is 2.80. The van der Waals surface area contributed by atoms with Gasteiger partial charge in [-0.3, -0.25) is 9.69 Å². The summed E-state index contributed by atoms with van der Waals surface area (Å²) >= 11 is 0. The van der Waals surface area contributed by atoms with Gasteiger partial charge in [0.05, 0.1) is 5.56 Å². The molecule has 3 rings (SSSR count). The molecule has 1 amide bonds. The summed E-state index contributed by atoms with van der Waals surface area (Å²) in [7, 11) is 0. The number of rotatable bonds is 8. The minimum atomic E-state index is -0.404. The molecule has 9 nitrogen and oxygen atoms in total. The van der Waals surface area contributed by atoms with E-state index in [0.717, 1.165) is 44.7 Å². The highest BCUT2D eigenvalue weighted by Crippen LogP contribution is 2.34. The molecule has 33 heavy (non-hydrogen) atoms. The summed E-state index contributed by atoms with van der Waals surface area (Å²) in [6.45, 7) is 10.7. The van der Waals surface area contributed by atoms with E-state index in [2.05, 4.69) is 21.8 Å². The molecule has 1 saturated heterocycles. The number of piperazine rings is 1. The van der Waals surface area contributed by atoms with Crippen molar-refractivity contribution in [3.63, 3.8) is 0 Å². The standard InChI is InChI=1S/C24H31N5O4/c1-17(2)20-12-21(23(33)13-22(20)32)24(26-25-3)29(16-31)19-6-4-18(5-7-19)14-27-8-10-28(15-30)11-9-27/h4-7,12-13,15,17,31-33H,3,8-11,14,16H2,1-2H3/b26-24-. The Labute approximate surface area is 193 Å². The van der Waals surface area contributed by atoms with Crippen LogP contribution in [0.5, 0.6) is 11.5 Å². The van der Waals surface area contributed by atoms with Crippen molar-refractivity contribution >= 4 is 24.7 Å². The highest BCUT2D eigenvalue weighted by atomic mass is 16.3. The number of amidine groups is 1. The smallest absolute Gasteiger partial charge is 0.209 e. The minimum Gasteiger partial charge on any atom is -0.508 e. The van der Waals surface area contributed by atoms with Crippen LogP contribution in [0.25, 0.3) is 0 Å². The molecule has 2 aromatic carbocycles. The lowest BCUT2D eigenvalue weighted by atomic mass is 9.98. The second kappa shape index (κ2) is 10.9. The monoisotopic (exact) mass is 453 g/mol. The number of nitrogens with zero attached hydrogens (tertiary/aromatic N) is 5. The first-order valence-corrected chi connectivity index (χ1v) is 10.9. The summed E-state index contributed by atoms with van der Waals surface area (Å²) in [5.74, 6) is 0.0389. The quantitative estimate of drug-likeness (QED) is 0.186. The third kappa shape index (κ3) is 5.68. The molecule has 1 heterocycles. The predicted octanol–water partition coefficient (Wildman–Crippen LogP) is 2.31. The van der Waals surface area contributed by atoms with E-state index in [0.29, 0.717) is 16.8 Å². The number of aromatic hydroxyl groups is 2. The predicted molar refractivity (Wildman–Crippen MR) is 129 cm³/mol. The van der Waals surface area contributed by atoms with Gasteiger partial charge >= 0.3 is 0 Å². The van der Waals surface area contributed by atoms with Crippen LogP contribution in [0.3, 0.4) is 0 Å². The number of anilines is 1. The zero-order valence-corrected chi connectivity index (χ0v) is 19.1. The van der Waals surface area contributed by atoms with Crippen molar-refractivity contribution in [3.05, 3.63) is 53.1 Å². The molecule has 0 atom stereocenters. The van der Waals surface area contributed by atoms with E-state index in [1.54, 1.807) is 11.0 Å². The van der Waals surface area contributed by atoms with Crippen molar-refractivity contribution in [1.82, 2.24) is 9.80 Å². The topological polar surface area (TPSA) is 112 Å². The third-order valence-electron chi connectivity index (χ3n) is 5.78. The number of hydrogen-bond donors (Lipinski definition) is 3. The Morgan fingerprint density at radius 2 is 1.79 bits per heavy atom. The van der Waals surface area contributed by atoms with Gasteiger partial charge in [0, 0.05) is 51.2 Å². The number of amides is 1. The normalized spacial score (nSPS) is 15.0. The summed E-state index contributed by atoms with van der Waals surface area (Å²) in [5, 5.41) is 38.5. The number of benzene rings is 2. The van der Waals surface area contributed by atoms with Crippen LogP contribution in [-0.2, 0) is 11.3 Å². The molecule has 1 aliphatic heterocycles. The van der Waals surface area contributed by atoms with Gasteiger partial charge in [-0.25, -0.2) is 0 Å². The largest absolute Gasteiger partial charge is 0.508 e. The summed E-state index contributed by atoms with van der Waals surface area (Å²) in [6.07, 6.45) is 0.892. The lowest BCUT2D eigenvalue weighted by Gasteiger charge is -2.32. The molecule has 1 aliphatic rings. The summed E-state index contributed by atoms with van der Waals surface area (Å²) < 4.78 is 0. The third-order valence-corrected chi connectivity index (χ3v) is 5.78. The van der Waals surface area contributed by atoms with E-state index in [1.807, 2.05) is 38.1 Å². The van der Waals surface area contributed by atoms with Gasteiger partial charge in [0.2, 0.25) is 6.41 Å². The van der Waals surface area contributed by atoms with E-state index in [-0.39, 0.29) is 23.3 Å². The fourth-order valence-corrected chi connectivity index (χ4v) is 3.89. The molecule has 0 saturated carbocycles. The van der Waals surface area contributed by atoms with Crippen molar-refractivity contribution < 1.29 is 20.1 Å². The highest BCUT2D eigenvalue weighted by molar-refractivity contribution is 6.11. The number of carbonyl (C=O) groups excluding carboxylic acids is 1. The van der Waals surface area contributed by atoms with Gasteiger partial charge in [-0.15, -0.1) is 5.10 Å². The Kier molecular flexibility index (Phi) is 8.02. The number of aliphatic hydroxyl groups is 1. The lowest BCUT2D eigenvalue weighted by Crippen LogP contribution is -2.45. The van der Waals surface area contributed by atoms with Crippen molar-refractivity contribution in [3.8, 4) is 11.5 Å². The summed E-state index contributed by atoms with van der Waals surface area (Å²) in [5.41, 5.74) is 2.73. The number of phenolic OH excluding ortho intramolecular Hbond substituents is 2. The number of aliphatic hydroxyl groups excluding tert-OH is 1. The van der Waals surface area contributed by atoms with Crippen molar-refractivity contribution in [2.45, 2.75) is 26.3 Å². The van der Waals surface area contributed by atoms with E-state index in [9.17, 15) is 20.1 Å². The van der Waals surface area contributed by atoms with Crippen LogP contribution in [0.1, 0.15) is 36.5 Å². The Hall–Kier alpha value is -3.43. The second-order valence-corrected chi connectivity index (χ2v) is 8.30. The molecule has 1 fully saturated rings. The van der Waals surface area contributed by atoms with E-state index in [4.69, 9.17) is 0 Å². The fourth-order valence-electron chi connectivity index (χ4n) is 3.89.